The van der Waals surface area contributed by atoms with E-state index in [4.69, 9.17) is 5.26 Å². The van der Waals surface area contributed by atoms with E-state index in [0.717, 1.165) is 5.01 Å². The number of alkyl halides is 3. The molecule has 1 atom stereocenters. The number of carbonyl (C=O) groups excluding carboxylic acids is 1. The van der Waals surface area contributed by atoms with E-state index in [9.17, 15) is 18.0 Å². The molecule has 7 heteroatoms. The van der Waals surface area contributed by atoms with Gasteiger partial charge in [-0.05, 0) is 25.5 Å². The number of nitrogens with zero attached hydrogens (tertiary/aromatic N) is 2. The van der Waals surface area contributed by atoms with Gasteiger partial charge in [-0.2, -0.15) is 23.4 Å². The van der Waals surface area contributed by atoms with Crippen molar-refractivity contribution in [1.29, 1.82) is 5.26 Å². The number of nitrogens with one attached hydrogen (secondary N) is 1. The van der Waals surface area contributed by atoms with E-state index in [-0.39, 0.29) is 17.5 Å². The van der Waals surface area contributed by atoms with E-state index in [2.05, 4.69) is 5.43 Å². The monoisotopic (exact) mass is 297 g/mol. The summed E-state index contributed by atoms with van der Waals surface area (Å²) in [7, 11) is 0. The van der Waals surface area contributed by atoms with Gasteiger partial charge in [0.1, 0.15) is 0 Å². The van der Waals surface area contributed by atoms with Gasteiger partial charge in [-0.1, -0.05) is 18.2 Å². The van der Waals surface area contributed by atoms with Gasteiger partial charge in [-0.25, -0.2) is 0 Å². The maximum atomic E-state index is 13.5. The first-order valence-corrected chi connectivity index (χ1v) is 6.31. The van der Waals surface area contributed by atoms with Crippen LogP contribution in [0.3, 0.4) is 0 Å². The summed E-state index contributed by atoms with van der Waals surface area (Å²) in [5.41, 5.74) is 1.04. The molecule has 1 fully saturated rings. The van der Waals surface area contributed by atoms with Gasteiger partial charge in [-0.3, -0.25) is 10.2 Å². The number of amides is 1. The fraction of sp³-hybridized carbons (Fsp3) is 0.429. The van der Waals surface area contributed by atoms with Gasteiger partial charge in [0, 0.05) is 12.0 Å². The summed E-state index contributed by atoms with van der Waals surface area (Å²) in [6.45, 7) is 3.11. The molecule has 1 aliphatic heterocycles. The van der Waals surface area contributed by atoms with E-state index in [1.54, 1.807) is 19.9 Å². The fourth-order valence-corrected chi connectivity index (χ4v) is 2.52. The predicted octanol–water partition coefficient (Wildman–Crippen LogP) is 2.68. The van der Waals surface area contributed by atoms with Crippen LogP contribution in [0.25, 0.3) is 0 Å². The molecule has 1 amide bonds. The van der Waals surface area contributed by atoms with Crippen LogP contribution in [0.1, 0.15) is 37.4 Å². The molecule has 0 radical (unpaired) electrons. The maximum absolute atomic E-state index is 13.5. The minimum absolute atomic E-state index is 0.0334. The van der Waals surface area contributed by atoms with Crippen LogP contribution in [0, 0.1) is 11.3 Å². The van der Waals surface area contributed by atoms with E-state index in [0.29, 0.717) is 0 Å². The summed E-state index contributed by atoms with van der Waals surface area (Å²) in [4.78, 5) is 11.5. The second kappa shape index (κ2) is 5.04. The number of benzene rings is 1. The molecule has 21 heavy (non-hydrogen) atoms. The lowest BCUT2D eigenvalue weighted by Crippen LogP contribution is -2.51. The van der Waals surface area contributed by atoms with Crippen LogP contribution in [-0.4, -0.2) is 22.6 Å². The normalized spacial score (nSPS) is 19.9. The zero-order valence-electron chi connectivity index (χ0n) is 11.5. The topological polar surface area (TPSA) is 56.1 Å². The van der Waals surface area contributed by atoms with Crippen molar-refractivity contribution >= 4 is 5.91 Å². The third kappa shape index (κ3) is 2.85. The van der Waals surface area contributed by atoms with Gasteiger partial charge in [-0.15, -0.1) is 0 Å². The van der Waals surface area contributed by atoms with Crippen LogP contribution in [0.15, 0.2) is 24.3 Å². The van der Waals surface area contributed by atoms with Crippen LogP contribution in [0.5, 0.6) is 0 Å². The van der Waals surface area contributed by atoms with Gasteiger partial charge in [0.15, 0.2) is 6.04 Å². The van der Waals surface area contributed by atoms with Gasteiger partial charge in [0.25, 0.3) is 0 Å². The summed E-state index contributed by atoms with van der Waals surface area (Å²) in [6, 6.07) is 5.25. The number of rotatable bonds is 2. The van der Waals surface area contributed by atoms with Crippen molar-refractivity contribution in [2.45, 2.75) is 38.0 Å². The van der Waals surface area contributed by atoms with Crippen molar-refractivity contribution in [2.75, 3.05) is 0 Å². The molecular weight excluding hydrogens is 283 g/mol. The fourth-order valence-electron chi connectivity index (χ4n) is 2.52. The van der Waals surface area contributed by atoms with Crippen molar-refractivity contribution in [2.24, 2.45) is 0 Å². The Morgan fingerprint density at radius 3 is 2.48 bits per heavy atom. The number of halogens is 3. The van der Waals surface area contributed by atoms with Crippen LogP contribution < -0.4 is 5.43 Å². The molecule has 0 aliphatic carbocycles. The highest BCUT2D eigenvalue weighted by Gasteiger charge is 2.53. The van der Waals surface area contributed by atoms with Gasteiger partial charge in [0.2, 0.25) is 5.91 Å². The largest absolute Gasteiger partial charge is 0.409 e. The molecule has 0 unspecified atom stereocenters. The number of hydrazine groups is 1. The molecule has 2 rings (SSSR count). The van der Waals surface area contributed by atoms with Gasteiger partial charge >= 0.3 is 6.18 Å². The Kier molecular flexibility index (Phi) is 3.68. The van der Waals surface area contributed by atoms with Crippen LogP contribution in [-0.2, 0) is 4.79 Å². The third-order valence-corrected chi connectivity index (χ3v) is 3.43. The molecule has 1 heterocycles. The second-order valence-corrected chi connectivity index (χ2v) is 5.54. The predicted molar refractivity (Wildman–Crippen MR) is 68.6 cm³/mol. The SMILES string of the molecule is CC1(C)CC(=O)NN1[C@@H](c1ccccc1C#N)C(F)(F)F. The lowest BCUT2D eigenvalue weighted by molar-refractivity contribution is -0.203. The van der Waals surface area contributed by atoms with Crippen molar-refractivity contribution in [3.05, 3.63) is 35.4 Å². The lowest BCUT2D eigenvalue weighted by atomic mass is 9.94. The average Bonchev–Trinajstić information content (AvgIpc) is 2.62. The van der Waals surface area contributed by atoms with Crippen molar-refractivity contribution in [3.8, 4) is 6.07 Å². The molecule has 0 spiro atoms. The first-order valence-electron chi connectivity index (χ1n) is 6.31. The quantitative estimate of drug-likeness (QED) is 0.913. The second-order valence-electron chi connectivity index (χ2n) is 5.54. The van der Waals surface area contributed by atoms with Crippen molar-refractivity contribution in [3.63, 3.8) is 0 Å². The molecular formula is C14H14F3N3O. The highest BCUT2D eigenvalue weighted by Crippen LogP contribution is 2.43. The smallest absolute Gasteiger partial charge is 0.287 e. The molecule has 4 nitrogen and oxygen atoms in total. The standard InChI is InChI=1S/C14H14F3N3O/c1-13(2)7-11(21)19-20(13)12(14(15,16)17)10-6-4-3-5-9(10)8-18/h3-6,12H,7H2,1-2H3,(H,19,21)/t12-/m0/s1. The highest BCUT2D eigenvalue weighted by molar-refractivity contribution is 5.79. The Labute approximate surface area is 120 Å². The van der Waals surface area contributed by atoms with E-state index in [1.165, 1.54) is 24.3 Å². The molecule has 1 N–H and O–H groups in total. The molecule has 1 aliphatic rings. The Morgan fingerprint density at radius 1 is 1.38 bits per heavy atom. The third-order valence-electron chi connectivity index (χ3n) is 3.43. The zero-order valence-corrected chi connectivity index (χ0v) is 11.5. The number of nitriles is 1. The Hall–Kier alpha value is -2.07. The van der Waals surface area contributed by atoms with Gasteiger partial charge < -0.3 is 0 Å². The summed E-state index contributed by atoms with van der Waals surface area (Å²) >= 11 is 0. The first kappa shape index (κ1) is 15.3. The first-order chi connectivity index (χ1) is 9.66. The summed E-state index contributed by atoms with van der Waals surface area (Å²) in [6.07, 6.45) is -4.66. The van der Waals surface area contributed by atoms with Crippen LogP contribution in [0.4, 0.5) is 13.2 Å². The Morgan fingerprint density at radius 2 is 2.00 bits per heavy atom. The molecule has 112 valence electrons. The molecule has 0 saturated carbocycles. The maximum Gasteiger partial charge on any atom is 0.409 e. The van der Waals surface area contributed by atoms with E-state index < -0.39 is 23.7 Å². The van der Waals surface area contributed by atoms with Crippen LogP contribution >= 0.6 is 0 Å². The number of hydrogen-bond donors (Lipinski definition) is 1. The zero-order chi connectivity index (χ0) is 15.8. The number of hydrogen-bond acceptors (Lipinski definition) is 3. The van der Waals surface area contributed by atoms with E-state index in [1.807, 2.05) is 0 Å². The Bertz CT molecular complexity index is 604. The molecule has 1 saturated heterocycles. The van der Waals surface area contributed by atoms with Crippen molar-refractivity contribution in [1.82, 2.24) is 10.4 Å². The molecule has 0 bridgehead atoms. The molecule has 1 aromatic carbocycles. The lowest BCUT2D eigenvalue weighted by Gasteiger charge is -2.38. The minimum atomic E-state index is -4.62. The van der Waals surface area contributed by atoms with E-state index >= 15 is 0 Å². The minimum Gasteiger partial charge on any atom is -0.287 e. The Balaban J connectivity index is 2.56. The summed E-state index contributed by atoms with van der Waals surface area (Å²) in [5, 5.41) is 9.93. The highest BCUT2D eigenvalue weighted by atomic mass is 19.4. The van der Waals surface area contributed by atoms with Gasteiger partial charge in [0.05, 0.1) is 11.6 Å². The number of carbonyl (C=O) groups is 1. The summed E-state index contributed by atoms with van der Waals surface area (Å²) < 4.78 is 40.6. The molecule has 1 aromatic rings. The summed E-state index contributed by atoms with van der Waals surface area (Å²) in [5.74, 6) is -0.469. The molecule has 0 aromatic heterocycles. The van der Waals surface area contributed by atoms with Crippen molar-refractivity contribution < 1.29 is 18.0 Å². The van der Waals surface area contributed by atoms with Crippen LogP contribution in [0.2, 0.25) is 0 Å². The average molecular weight is 297 g/mol.